The summed E-state index contributed by atoms with van der Waals surface area (Å²) in [6.45, 7) is 2.51. The van der Waals surface area contributed by atoms with Crippen LogP contribution in [0.5, 0.6) is 17.2 Å². The zero-order valence-corrected chi connectivity index (χ0v) is 20.6. The number of methoxy groups -OCH3 is 2. The zero-order valence-electron chi connectivity index (χ0n) is 19.8. The lowest BCUT2D eigenvalue weighted by atomic mass is 10.1. The van der Waals surface area contributed by atoms with Gasteiger partial charge in [0.15, 0.2) is 16.6 Å². The molecule has 0 unspecified atom stereocenters. The molecule has 178 valence electrons. The van der Waals surface area contributed by atoms with Crippen LogP contribution in [0.2, 0.25) is 0 Å². The van der Waals surface area contributed by atoms with Gasteiger partial charge in [-0.2, -0.15) is 0 Å². The fraction of sp³-hybridized carbons (Fsp3) is 0.143. The normalized spacial score (nSPS) is 10.8. The highest BCUT2D eigenvalue weighted by molar-refractivity contribution is 7.14. The molecule has 0 radical (unpaired) electrons. The van der Waals surface area contributed by atoms with Crippen LogP contribution in [0.1, 0.15) is 16.7 Å². The first-order valence-corrected chi connectivity index (χ1v) is 11.9. The van der Waals surface area contributed by atoms with Gasteiger partial charge in [0, 0.05) is 17.0 Å². The fourth-order valence-corrected chi connectivity index (χ4v) is 4.12. The third-order valence-corrected chi connectivity index (χ3v) is 6.12. The molecule has 4 rings (SSSR count). The molecule has 0 saturated heterocycles. The Labute approximate surface area is 208 Å². The highest BCUT2D eigenvalue weighted by Crippen LogP contribution is 2.30. The maximum atomic E-state index is 12.4. The molecule has 0 fully saturated rings. The van der Waals surface area contributed by atoms with Crippen LogP contribution in [0.15, 0.2) is 78.2 Å². The molecule has 4 aromatic rings. The second kappa shape index (κ2) is 11.4. The number of amides is 1. The van der Waals surface area contributed by atoms with Gasteiger partial charge in [-0.3, -0.25) is 10.1 Å². The number of hydrogen-bond donors (Lipinski definition) is 1. The van der Waals surface area contributed by atoms with E-state index in [2.05, 4.69) is 23.3 Å². The number of nitrogens with zero attached hydrogens (tertiary/aromatic N) is 1. The van der Waals surface area contributed by atoms with Gasteiger partial charge in [-0.25, -0.2) is 4.98 Å². The Bertz CT molecular complexity index is 1350. The largest absolute Gasteiger partial charge is 0.497 e. The third kappa shape index (κ3) is 6.28. The van der Waals surface area contributed by atoms with E-state index in [4.69, 9.17) is 14.2 Å². The summed E-state index contributed by atoms with van der Waals surface area (Å²) in [6, 6.07) is 21.3. The molecule has 0 aliphatic carbocycles. The lowest BCUT2D eigenvalue weighted by Gasteiger charge is -2.12. The van der Waals surface area contributed by atoms with Gasteiger partial charge in [-0.05, 0) is 54.0 Å². The zero-order chi connectivity index (χ0) is 24.6. The molecule has 0 aliphatic rings. The van der Waals surface area contributed by atoms with Gasteiger partial charge < -0.3 is 14.2 Å². The molecule has 35 heavy (non-hydrogen) atoms. The van der Waals surface area contributed by atoms with E-state index in [1.54, 1.807) is 20.3 Å². The number of carbonyl (C=O) groups is 1. The number of aryl methyl sites for hydroxylation is 1. The van der Waals surface area contributed by atoms with Crippen molar-refractivity contribution in [2.24, 2.45) is 0 Å². The predicted molar refractivity (Wildman–Crippen MR) is 140 cm³/mol. The Morgan fingerprint density at radius 2 is 1.86 bits per heavy atom. The minimum absolute atomic E-state index is 0.268. The molecular formula is C28H26N2O4S. The van der Waals surface area contributed by atoms with Crippen LogP contribution in [0.25, 0.3) is 17.3 Å². The maximum absolute atomic E-state index is 12.4. The Hall–Kier alpha value is -4.10. The molecule has 0 spiro atoms. The number of thiazole rings is 1. The smallest absolute Gasteiger partial charge is 0.250 e. The minimum Gasteiger partial charge on any atom is -0.497 e. The van der Waals surface area contributed by atoms with Crippen molar-refractivity contribution in [3.05, 3.63) is 94.9 Å². The molecule has 6 nitrogen and oxygen atoms in total. The van der Waals surface area contributed by atoms with Crippen LogP contribution >= 0.6 is 11.3 Å². The quantitative estimate of drug-likeness (QED) is 0.279. The van der Waals surface area contributed by atoms with E-state index in [9.17, 15) is 4.79 Å². The number of benzene rings is 3. The number of carbonyl (C=O) groups excluding carboxylic acids is 1. The minimum atomic E-state index is -0.268. The summed E-state index contributed by atoms with van der Waals surface area (Å²) in [6.07, 6.45) is 3.19. The van der Waals surface area contributed by atoms with Crippen molar-refractivity contribution in [3.63, 3.8) is 0 Å². The molecule has 3 aromatic carbocycles. The van der Waals surface area contributed by atoms with Gasteiger partial charge in [0.1, 0.15) is 12.4 Å². The Balaban J connectivity index is 1.38. The summed E-state index contributed by atoms with van der Waals surface area (Å²) in [7, 11) is 3.22. The van der Waals surface area contributed by atoms with Gasteiger partial charge in [0.2, 0.25) is 5.91 Å². The number of anilines is 1. The van der Waals surface area contributed by atoms with Crippen molar-refractivity contribution in [3.8, 4) is 28.5 Å². The van der Waals surface area contributed by atoms with Crippen molar-refractivity contribution >= 4 is 28.5 Å². The van der Waals surface area contributed by atoms with Crippen LogP contribution in [-0.2, 0) is 11.4 Å². The first-order valence-electron chi connectivity index (χ1n) is 11.0. The second-order valence-electron chi connectivity index (χ2n) is 7.72. The topological polar surface area (TPSA) is 69.7 Å². The number of hydrogen-bond acceptors (Lipinski definition) is 6. The Morgan fingerprint density at radius 1 is 1.00 bits per heavy atom. The van der Waals surface area contributed by atoms with Gasteiger partial charge in [-0.1, -0.05) is 42.5 Å². The van der Waals surface area contributed by atoms with E-state index >= 15 is 0 Å². The van der Waals surface area contributed by atoms with Crippen molar-refractivity contribution in [1.82, 2.24) is 4.98 Å². The monoisotopic (exact) mass is 486 g/mol. The number of rotatable bonds is 9. The summed E-state index contributed by atoms with van der Waals surface area (Å²) < 4.78 is 16.7. The third-order valence-electron chi connectivity index (χ3n) is 5.36. The Morgan fingerprint density at radius 3 is 2.66 bits per heavy atom. The molecular weight excluding hydrogens is 460 g/mol. The summed E-state index contributed by atoms with van der Waals surface area (Å²) >= 11 is 1.37. The highest BCUT2D eigenvalue weighted by atomic mass is 32.1. The molecule has 0 bridgehead atoms. The fourth-order valence-electron chi connectivity index (χ4n) is 3.40. The molecule has 0 atom stereocenters. The predicted octanol–water partition coefficient (Wildman–Crippen LogP) is 6.37. The first kappa shape index (κ1) is 24.0. The van der Waals surface area contributed by atoms with E-state index in [1.165, 1.54) is 23.0 Å². The SMILES string of the molecule is COc1cccc(-c2csc(NC(=O)C=Cc3ccc(OCc4ccccc4C)c(OC)c3)n2)c1. The standard InChI is InChI=1S/C28H26N2O4S/c1-19-7-4-5-8-22(19)17-34-25-13-11-20(15-26(25)33-3)12-14-27(31)30-28-29-24(18-35-28)21-9-6-10-23(16-21)32-2/h4-16,18H,17H2,1-3H3,(H,29,30,31). The van der Waals surface area contributed by atoms with E-state index in [-0.39, 0.29) is 5.91 Å². The molecule has 1 aromatic heterocycles. The van der Waals surface area contributed by atoms with Crippen molar-refractivity contribution in [2.75, 3.05) is 19.5 Å². The molecule has 0 aliphatic heterocycles. The number of nitrogens with one attached hydrogen (secondary N) is 1. The van der Waals surface area contributed by atoms with Crippen LogP contribution in [0.4, 0.5) is 5.13 Å². The summed E-state index contributed by atoms with van der Waals surface area (Å²) in [4.78, 5) is 16.9. The van der Waals surface area contributed by atoms with Crippen molar-refractivity contribution < 1.29 is 19.0 Å². The maximum Gasteiger partial charge on any atom is 0.250 e. The van der Waals surface area contributed by atoms with Gasteiger partial charge in [-0.15, -0.1) is 11.3 Å². The highest BCUT2D eigenvalue weighted by Gasteiger charge is 2.09. The van der Waals surface area contributed by atoms with E-state index < -0.39 is 0 Å². The van der Waals surface area contributed by atoms with Crippen LogP contribution in [0, 0.1) is 6.92 Å². The molecule has 1 amide bonds. The summed E-state index contributed by atoms with van der Waals surface area (Å²) in [5.41, 5.74) is 4.81. The number of ether oxygens (including phenoxy) is 3. The Kier molecular flexibility index (Phi) is 7.80. The average molecular weight is 487 g/mol. The number of aromatic nitrogens is 1. The van der Waals surface area contributed by atoms with E-state index in [1.807, 2.05) is 66.0 Å². The van der Waals surface area contributed by atoms with Crippen LogP contribution in [-0.4, -0.2) is 25.1 Å². The lowest BCUT2D eigenvalue weighted by Crippen LogP contribution is -2.07. The molecule has 7 heteroatoms. The average Bonchev–Trinajstić information content (AvgIpc) is 3.35. The van der Waals surface area contributed by atoms with E-state index in [0.29, 0.717) is 23.2 Å². The molecule has 1 N–H and O–H groups in total. The molecule has 1 heterocycles. The lowest BCUT2D eigenvalue weighted by molar-refractivity contribution is -0.111. The van der Waals surface area contributed by atoms with Crippen LogP contribution in [0.3, 0.4) is 0 Å². The summed E-state index contributed by atoms with van der Waals surface area (Å²) in [5, 5.41) is 5.23. The van der Waals surface area contributed by atoms with Gasteiger partial charge in [0.25, 0.3) is 0 Å². The van der Waals surface area contributed by atoms with E-state index in [0.717, 1.165) is 28.1 Å². The van der Waals surface area contributed by atoms with Gasteiger partial charge in [0.05, 0.1) is 19.9 Å². The van der Waals surface area contributed by atoms with Gasteiger partial charge >= 0.3 is 0 Å². The van der Waals surface area contributed by atoms with Crippen LogP contribution < -0.4 is 19.5 Å². The first-order chi connectivity index (χ1) is 17.1. The molecule has 0 saturated carbocycles. The summed E-state index contributed by atoms with van der Waals surface area (Å²) in [5.74, 6) is 1.73. The van der Waals surface area contributed by atoms with Crippen molar-refractivity contribution in [2.45, 2.75) is 13.5 Å². The second-order valence-corrected chi connectivity index (χ2v) is 8.58. The van der Waals surface area contributed by atoms with Crippen molar-refractivity contribution in [1.29, 1.82) is 0 Å².